The Bertz CT molecular complexity index is 926. The van der Waals surface area contributed by atoms with Crippen LogP contribution in [0.1, 0.15) is 48.5 Å². The van der Waals surface area contributed by atoms with E-state index in [1.165, 1.54) is 0 Å². The first-order valence-corrected chi connectivity index (χ1v) is 9.93. The number of Topliss-reactive ketones (excluding diaryl/α,β-unsaturated/α-hetero) is 2. The molecule has 138 valence electrons. The molecule has 0 radical (unpaired) electrons. The van der Waals surface area contributed by atoms with E-state index in [4.69, 9.17) is 4.74 Å². The van der Waals surface area contributed by atoms with Crippen molar-refractivity contribution < 1.29 is 14.3 Å². The highest BCUT2D eigenvalue weighted by Crippen LogP contribution is 2.49. The van der Waals surface area contributed by atoms with Crippen LogP contribution in [0.5, 0.6) is 0 Å². The average Bonchev–Trinajstić information content (AvgIpc) is 3.00. The van der Waals surface area contributed by atoms with Crippen LogP contribution in [0.2, 0.25) is 0 Å². The van der Waals surface area contributed by atoms with Gasteiger partial charge in [-0.15, -0.1) is 0 Å². The van der Waals surface area contributed by atoms with Crippen molar-refractivity contribution >= 4 is 27.5 Å². The number of benzene rings is 2. The molecule has 3 nitrogen and oxygen atoms in total. The van der Waals surface area contributed by atoms with Gasteiger partial charge in [-0.05, 0) is 23.1 Å². The van der Waals surface area contributed by atoms with Crippen LogP contribution in [0, 0.1) is 5.41 Å². The van der Waals surface area contributed by atoms with Gasteiger partial charge in [0.2, 0.25) is 5.78 Å². The number of ether oxygens (including phenoxy) is 1. The van der Waals surface area contributed by atoms with Gasteiger partial charge in [0.25, 0.3) is 0 Å². The summed E-state index contributed by atoms with van der Waals surface area (Å²) in [5.41, 5.74) is 2.08. The Morgan fingerprint density at radius 1 is 1.04 bits per heavy atom. The van der Waals surface area contributed by atoms with Crippen LogP contribution in [-0.2, 0) is 9.53 Å². The maximum absolute atomic E-state index is 13.2. The molecular formula is C23H21BrO3. The molecule has 1 heterocycles. The van der Waals surface area contributed by atoms with Gasteiger partial charge in [-0.3, -0.25) is 9.59 Å². The Morgan fingerprint density at radius 2 is 1.70 bits per heavy atom. The number of carbonyl (C=O) groups is 2. The van der Waals surface area contributed by atoms with E-state index in [-0.39, 0.29) is 22.9 Å². The van der Waals surface area contributed by atoms with E-state index in [9.17, 15) is 9.59 Å². The number of hydrogen-bond acceptors (Lipinski definition) is 3. The van der Waals surface area contributed by atoms with Crippen LogP contribution in [0.3, 0.4) is 0 Å². The van der Waals surface area contributed by atoms with Crippen molar-refractivity contribution in [2.45, 2.75) is 38.7 Å². The van der Waals surface area contributed by atoms with Crippen LogP contribution >= 0.6 is 15.9 Å². The summed E-state index contributed by atoms with van der Waals surface area (Å²) in [6, 6.07) is 17.0. The second-order valence-corrected chi connectivity index (χ2v) is 8.99. The van der Waals surface area contributed by atoms with Gasteiger partial charge in [0.15, 0.2) is 11.9 Å². The fourth-order valence-electron chi connectivity index (χ4n) is 4.09. The van der Waals surface area contributed by atoms with Crippen molar-refractivity contribution in [3.8, 4) is 0 Å². The highest BCUT2D eigenvalue weighted by molar-refractivity contribution is 9.10. The van der Waals surface area contributed by atoms with Gasteiger partial charge in [0.05, 0.1) is 5.92 Å². The van der Waals surface area contributed by atoms with E-state index in [2.05, 4.69) is 29.8 Å². The molecule has 4 heteroatoms. The normalized spacial score (nSPS) is 23.7. The molecule has 0 aromatic heterocycles. The number of hydrogen-bond donors (Lipinski definition) is 0. The molecule has 1 aliphatic heterocycles. The number of allylic oxidation sites excluding steroid dienone is 1. The number of carbonyl (C=O) groups excluding carboxylic acids is 2. The zero-order chi connectivity index (χ0) is 19.2. The zero-order valence-electron chi connectivity index (χ0n) is 15.4. The Balaban J connectivity index is 1.79. The summed E-state index contributed by atoms with van der Waals surface area (Å²) in [5, 5.41) is 0. The maximum atomic E-state index is 13.2. The standard InChI is InChI=1S/C23H21BrO3/c1-23(2)12-17(25)20-18(13-23)27-22(21(26)15-6-4-3-5-7-15)19(20)14-8-10-16(24)11-9-14/h3-11,19,22H,12-13H2,1-2H3/t19-,22-/m0/s1. The molecule has 0 saturated heterocycles. The summed E-state index contributed by atoms with van der Waals surface area (Å²) in [4.78, 5) is 26.2. The third kappa shape index (κ3) is 3.39. The summed E-state index contributed by atoms with van der Waals surface area (Å²) < 4.78 is 7.14. The lowest BCUT2D eigenvalue weighted by Gasteiger charge is -2.29. The minimum absolute atomic E-state index is 0.0801. The second kappa shape index (κ2) is 6.75. The molecule has 0 unspecified atom stereocenters. The fourth-order valence-corrected chi connectivity index (χ4v) is 4.35. The molecule has 0 N–H and O–H groups in total. The Morgan fingerprint density at radius 3 is 2.37 bits per heavy atom. The topological polar surface area (TPSA) is 43.4 Å². The minimum atomic E-state index is -0.698. The van der Waals surface area contributed by atoms with Crippen molar-refractivity contribution in [1.82, 2.24) is 0 Å². The Labute approximate surface area is 167 Å². The van der Waals surface area contributed by atoms with E-state index in [0.717, 1.165) is 10.0 Å². The first kappa shape index (κ1) is 18.2. The van der Waals surface area contributed by atoms with Crippen LogP contribution in [0.4, 0.5) is 0 Å². The summed E-state index contributed by atoms with van der Waals surface area (Å²) >= 11 is 3.45. The molecule has 1 aliphatic carbocycles. The number of rotatable bonds is 3. The molecule has 2 aromatic carbocycles. The molecule has 0 amide bonds. The third-order valence-corrected chi connectivity index (χ3v) is 5.84. The predicted molar refractivity (Wildman–Crippen MR) is 108 cm³/mol. The van der Waals surface area contributed by atoms with Gasteiger partial charge in [0.1, 0.15) is 5.76 Å². The summed E-state index contributed by atoms with van der Waals surface area (Å²) in [6.45, 7) is 4.14. The molecule has 2 atom stereocenters. The number of ketones is 2. The van der Waals surface area contributed by atoms with Crippen molar-refractivity contribution in [3.05, 3.63) is 81.5 Å². The molecule has 4 rings (SSSR count). The first-order valence-electron chi connectivity index (χ1n) is 9.13. The van der Waals surface area contributed by atoms with E-state index in [1.54, 1.807) is 12.1 Å². The van der Waals surface area contributed by atoms with Gasteiger partial charge < -0.3 is 4.74 Å². The lowest BCUT2D eigenvalue weighted by atomic mass is 9.72. The molecule has 0 fully saturated rings. The Hall–Kier alpha value is -2.20. The minimum Gasteiger partial charge on any atom is -0.485 e. The average molecular weight is 425 g/mol. The summed E-state index contributed by atoms with van der Waals surface area (Å²) in [5.74, 6) is 0.351. The molecule has 27 heavy (non-hydrogen) atoms. The van der Waals surface area contributed by atoms with Crippen LogP contribution in [0.15, 0.2) is 70.4 Å². The SMILES string of the molecule is CC1(C)CC(=O)C2=C(C1)O[C@H](C(=O)c1ccccc1)[C@H]2c1ccc(Br)cc1. The largest absolute Gasteiger partial charge is 0.485 e. The Kier molecular flexibility index (Phi) is 4.55. The van der Waals surface area contributed by atoms with Gasteiger partial charge in [0, 0.05) is 28.5 Å². The molecule has 2 aromatic rings. The van der Waals surface area contributed by atoms with Crippen molar-refractivity contribution in [2.24, 2.45) is 5.41 Å². The van der Waals surface area contributed by atoms with Crippen molar-refractivity contribution in [3.63, 3.8) is 0 Å². The molecule has 0 spiro atoms. The van der Waals surface area contributed by atoms with Gasteiger partial charge in [-0.1, -0.05) is 72.2 Å². The highest BCUT2D eigenvalue weighted by Gasteiger charge is 2.48. The van der Waals surface area contributed by atoms with Gasteiger partial charge >= 0.3 is 0 Å². The van der Waals surface area contributed by atoms with Crippen LogP contribution in [-0.4, -0.2) is 17.7 Å². The van der Waals surface area contributed by atoms with E-state index in [0.29, 0.717) is 29.7 Å². The van der Waals surface area contributed by atoms with E-state index < -0.39 is 6.10 Å². The van der Waals surface area contributed by atoms with E-state index in [1.807, 2.05) is 42.5 Å². The van der Waals surface area contributed by atoms with Crippen LogP contribution in [0.25, 0.3) is 0 Å². The monoisotopic (exact) mass is 424 g/mol. The van der Waals surface area contributed by atoms with Gasteiger partial charge in [-0.2, -0.15) is 0 Å². The lowest BCUT2D eigenvalue weighted by Crippen LogP contribution is -2.29. The zero-order valence-corrected chi connectivity index (χ0v) is 17.0. The smallest absolute Gasteiger partial charge is 0.204 e. The van der Waals surface area contributed by atoms with Crippen molar-refractivity contribution in [1.29, 1.82) is 0 Å². The van der Waals surface area contributed by atoms with Crippen LogP contribution < -0.4 is 0 Å². The van der Waals surface area contributed by atoms with Gasteiger partial charge in [-0.25, -0.2) is 0 Å². The fraction of sp³-hybridized carbons (Fsp3) is 0.304. The molecule has 0 saturated carbocycles. The van der Waals surface area contributed by atoms with E-state index >= 15 is 0 Å². The van der Waals surface area contributed by atoms with Crippen molar-refractivity contribution in [2.75, 3.05) is 0 Å². The maximum Gasteiger partial charge on any atom is 0.204 e. The second-order valence-electron chi connectivity index (χ2n) is 8.08. The molecule has 2 aliphatic rings. The molecule has 0 bridgehead atoms. The predicted octanol–water partition coefficient (Wildman–Crippen LogP) is 5.46. The lowest BCUT2D eigenvalue weighted by molar-refractivity contribution is -0.118. The summed E-state index contributed by atoms with van der Waals surface area (Å²) in [7, 11) is 0. The summed E-state index contributed by atoms with van der Waals surface area (Å²) in [6.07, 6.45) is 0.463. The quantitative estimate of drug-likeness (QED) is 0.614. The number of halogens is 1. The highest BCUT2D eigenvalue weighted by atomic mass is 79.9. The first-order chi connectivity index (χ1) is 12.9. The molecular weight excluding hydrogens is 404 g/mol. The third-order valence-electron chi connectivity index (χ3n) is 5.31.